The fourth-order valence-electron chi connectivity index (χ4n) is 1.98. The van der Waals surface area contributed by atoms with Gasteiger partial charge in [-0.05, 0) is 37.5 Å². The molecule has 0 radical (unpaired) electrons. The molecule has 0 bridgehead atoms. The zero-order valence-corrected chi connectivity index (χ0v) is 13.4. The summed E-state index contributed by atoms with van der Waals surface area (Å²) >= 11 is 0. The van der Waals surface area contributed by atoms with Crippen molar-refractivity contribution in [2.24, 2.45) is 0 Å². The van der Waals surface area contributed by atoms with Gasteiger partial charge >= 0.3 is 16.2 Å². The van der Waals surface area contributed by atoms with Crippen molar-refractivity contribution in [3.8, 4) is 0 Å². The van der Waals surface area contributed by atoms with Gasteiger partial charge in [-0.2, -0.15) is 12.7 Å². The SMILES string of the molecule is CCCN(CCC)S(=O)(=O)Nc1ccc(C)c(C(=O)O)c1. The number of rotatable bonds is 8. The average molecular weight is 314 g/mol. The summed E-state index contributed by atoms with van der Waals surface area (Å²) in [4.78, 5) is 11.1. The van der Waals surface area contributed by atoms with Crippen LogP contribution in [-0.2, 0) is 10.2 Å². The maximum Gasteiger partial charge on any atom is 0.336 e. The molecule has 0 aromatic heterocycles. The number of carbonyl (C=O) groups is 1. The van der Waals surface area contributed by atoms with E-state index >= 15 is 0 Å². The van der Waals surface area contributed by atoms with Gasteiger partial charge in [0.25, 0.3) is 0 Å². The largest absolute Gasteiger partial charge is 0.478 e. The molecule has 0 saturated carbocycles. The second-order valence-electron chi connectivity index (χ2n) is 4.84. The second-order valence-corrected chi connectivity index (χ2v) is 6.51. The van der Waals surface area contributed by atoms with Crippen LogP contribution in [0.5, 0.6) is 0 Å². The Hall–Kier alpha value is -1.60. The summed E-state index contributed by atoms with van der Waals surface area (Å²) in [6.45, 7) is 6.35. The summed E-state index contributed by atoms with van der Waals surface area (Å²) in [5.41, 5.74) is 0.937. The minimum Gasteiger partial charge on any atom is -0.478 e. The van der Waals surface area contributed by atoms with Crippen LogP contribution in [0, 0.1) is 6.92 Å². The minimum absolute atomic E-state index is 0.0905. The summed E-state index contributed by atoms with van der Waals surface area (Å²) in [5.74, 6) is -1.08. The molecule has 0 spiro atoms. The first kappa shape index (κ1) is 17.5. The molecule has 0 aliphatic carbocycles. The molecule has 1 rings (SSSR count). The number of benzene rings is 1. The fourth-order valence-corrected chi connectivity index (χ4v) is 3.38. The molecule has 2 N–H and O–H groups in total. The van der Waals surface area contributed by atoms with Crippen LogP contribution in [0.3, 0.4) is 0 Å². The van der Waals surface area contributed by atoms with E-state index in [9.17, 15) is 13.2 Å². The van der Waals surface area contributed by atoms with Gasteiger partial charge in [0, 0.05) is 13.1 Å². The lowest BCUT2D eigenvalue weighted by Crippen LogP contribution is -2.37. The predicted octanol–water partition coefficient (Wildman–Crippen LogP) is 2.47. The summed E-state index contributed by atoms with van der Waals surface area (Å²) in [7, 11) is -3.66. The minimum atomic E-state index is -3.66. The monoisotopic (exact) mass is 314 g/mol. The standard InChI is InChI=1S/C14H22N2O4S/c1-4-8-16(9-5-2)21(19,20)15-12-7-6-11(3)13(10-12)14(17)18/h6-7,10,15H,4-5,8-9H2,1-3H3,(H,17,18). The van der Waals surface area contributed by atoms with E-state index in [2.05, 4.69) is 4.72 Å². The van der Waals surface area contributed by atoms with Gasteiger partial charge in [-0.15, -0.1) is 0 Å². The molecular weight excluding hydrogens is 292 g/mol. The number of carboxylic acids is 1. The Morgan fingerprint density at radius 3 is 2.29 bits per heavy atom. The third kappa shape index (κ3) is 4.71. The number of carboxylic acid groups (broad SMARTS) is 1. The normalized spacial score (nSPS) is 11.6. The zero-order chi connectivity index (χ0) is 16.0. The van der Waals surface area contributed by atoms with Crippen molar-refractivity contribution < 1.29 is 18.3 Å². The Morgan fingerprint density at radius 2 is 1.81 bits per heavy atom. The lowest BCUT2D eigenvalue weighted by atomic mass is 10.1. The molecule has 6 nitrogen and oxygen atoms in total. The van der Waals surface area contributed by atoms with Crippen molar-refractivity contribution in [3.05, 3.63) is 29.3 Å². The number of hydrogen-bond donors (Lipinski definition) is 2. The first-order valence-electron chi connectivity index (χ1n) is 6.93. The lowest BCUT2D eigenvalue weighted by Gasteiger charge is -2.22. The molecule has 118 valence electrons. The third-order valence-electron chi connectivity index (χ3n) is 3.00. The number of nitrogens with one attached hydrogen (secondary N) is 1. The number of hydrogen-bond acceptors (Lipinski definition) is 3. The van der Waals surface area contributed by atoms with E-state index < -0.39 is 16.2 Å². The van der Waals surface area contributed by atoms with E-state index in [4.69, 9.17) is 5.11 Å². The number of aryl methyl sites for hydroxylation is 1. The molecule has 0 aliphatic heterocycles. The molecule has 1 aromatic rings. The molecule has 0 saturated heterocycles. The first-order valence-corrected chi connectivity index (χ1v) is 8.37. The van der Waals surface area contributed by atoms with E-state index in [1.807, 2.05) is 13.8 Å². The van der Waals surface area contributed by atoms with E-state index in [1.54, 1.807) is 19.1 Å². The highest BCUT2D eigenvalue weighted by molar-refractivity contribution is 7.90. The van der Waals surface area contributed by atoms with E-state index in [1.165, 1.54) is 10.4 Å². The van der Waals surface area contributed by atoms with Crippen molar-refractivity contribution in [1.29, 1.82) is 0 Å². The molecule has 0 fully saturated rings. The van der Waals surface area contributed by atoms with Crippen LogP contribution in [0.15, 0.2) is 18.2 Å². The highest BCUT2D eigenvalue weighted by atomic mass is 32.2. The number of nitrogens with zero attached hydrogens (tertiary/aromatic N) is 1. The average Bonchev–Trinajstić information content (AvgIpc) is 2.40. The van der Waals surface area contributed by atoms with Crippen LogP contribution in [0.4, 0.5) is 5.69 Å². The van der Waals surface area contributed by atoms with E-state index in [-0.39, 0.29) is 11.3 Å². The quantitative estimate of drug-likeness (QED) is 0.771. The van der Waals surface area contributed by atoms with Gasteiger partial charge in [0.1, 0.15) is 0 Å². The maximum atomic E-state index is 12.3. The lowest BCUT2D eigenvalue weighted by molar-refractivity contribution is 0.0696. The van der Waals surface area contributed by atoms with Crippen LogP contribution < -0.4 is 4.72 Å². The highest BCUT2D eigenvalue weighted by Crippen LogP contribution is 2.18. The van der Waals surface area contributed by atoms with Gasteiger partial charge in [-0.1, -0.05) is 19.9 Å². The summed E-state index contributed by atoms with van der Waals surface area (Å²) in [5, 5.41) is 9.08. The molecule has 0 amide bonds. The first-order chi connectivity index (χ1) is 9.81. The van der Waals surface area contributed by atoms with Crippen LogP contribution in [0.2, 0.25) is 0 Å². The van der Waals surface area contributed by atoms with Gasteiger partial charge in [0.15, 0.2) is 0 Å². The fraction of sp³-hybridized carbons (Fsp3) is 0.500. The zero-order valence-electron chi connectivity index (χ0n) is 12.6. The van der Waals surface area contributed by atoms with Gasteiger partial charge in [-0.3, -0.25) is 4.72 Å². The highest BCUT2D eigenvalue weighted by Gasteiger charge is 2.20. The van der Waals surface area contributed by atoms with Gasteiger partial charge < -0.3 is 5.11 Å². The van der Waals surface area contributed by atoms with Crippen molar-refractivity contribution in [2.75, 3.05) is 17.8 Å². The molecule has 7 heteroatoms. The van der Waals surface area contributed by atoms with Crippen molar-refractivity contribution >= 4 is 21.9 Å². The van der Waals surface area contributed by atoms with Crippen LogP contribution in [-0.4, -0.2) is 36.9 Å². The van der Waals surface area contributed by atoms with Crippen LogP contribution in [0.25, 0.3) is 0 Å². The molecular formula is C14H22N2O4S. The Balaban J connectivity index is 3.02. The Morgan fingerprint density at radius 1 is 1.24 bits per heavy atom. The topological polar surface area (TPSA) is 86.7 Å². The van der Waals surface area contributed by atoms with Crippen LogP contribution >= 0.6 is 0 Å². The Labute approximate surface area is 126 Å². The van der Waals surface area contributed by atoms with Gasteiger partial charge in [0.05, 0.1) is 11.3 Å². The maximum absolute atomic E-state index is 12.3. The molecule has 0 unspecified atom stereocenters. The Kier molecular flexibility index (Phi) is 6.17. The number of aromatic carboxylic acids is 1. The molecule has 0 atom stereocenters. The smallest absolute Gasteiger partial charge is 0.336 e. The molecule has 21 heavy (non-hydrogen) atoms. The van der Waals surface area contributed by atoms with E-state index in [0.29, 0.717) is 18.7 Å². The number of anilines is 1. The summed E-state index contributed by atoms with van der Waals surface area (Å²) in [6, 6.07) is 4.49. The van der Waals surface area contributed by atoms with Gasteiger partial charge in [-0.25, -0.2) is 4.79 Å². The van der Waals surface area contributed by atoms with Crippen molar-refractivity contribution in [1.82, 2.24) is 4.31 Å². The Bertz CT molecular complexity index is 593. The van der Waals surface area contributed by atoms with E-state index in [0.717, 1.165) is 12.8 Å². The molecule has 1 aromatic carbocycles. The van der Waals surface area contributed by atoms with Crippen molar-refractivity contribution in [2.45, 2.75) is 33.6 Å². The third-order valence-corrected chi connectivity index (χ3v) is 4.54. The van der Waals surface area contributed by atoms with Crippen molar-refractivity contribution in [3.63, 3.8) is 0 Å². The summed E-state index contributed by atoms with van der Waals surface area (Å²) in [6.07, 6.45) is 1.43. The second kappa shape index (κ2) is 7.42. The molecule has 0 heterocycles. The van der Waals surface area contributed by atoms with Gasteiger partial charge in [0.2, 0.25) is 0 Å². The van der Waals surface area contributed by atoms with Crippen LogP contribution in [0.1, 0.15) is 42.6 Å². The predicted molar refractivity (Wildman–Crippen MR) is 82.8 cm³/mol. The summed E-state index contributed by atoms with van der Waals surface area (Å²) < 4.78 is 28.4. The molecule has 0 aliphatic rings.